The van der Waals surface area contributed by atoms with Gasteiger partial charge in [-0.2, -0.15) is 0 Å². The molecule has 0 aliphatic rings. The molecule has 0 fully saturated rings. The summed E-state index contributed by atoms with van der Waals surface area (Å²) in [6.45, 7) is 6.38. The van der Waals surface area contributed by atoms with Crippen molar-refractivity contribution in [2.75, 3.05) is 13.2 Å². The minimum atomic E-state index is -0.828. The summed E-state index contributed by atoms with van der Waals surface area (Å²) in [5.74, 6) is -1.04. The number of esters is 3. The van der Waals surface area contributed by atoms with Crippen LogP contribution in [-0.2, 0) is 28.6 Å². The first-order valence-electron chi connectivity index (χ1n) is 28.2. The van der Waals surface area contributed by atoms with Crippen molar-refractivity contribution in [3.05, 3.63) is 134 Å². The average Bonchev–Trinajstić information content (AvgIpc) is 3.36. The number of carbonyl (C=O) groups excluding carboxylic acids is 3. The number of hydrogen-bond acceptors (Lipinski definition) is 6. The highest BCUT2D eigenvalue weighted by atomic mass is 16.6. The fourth-order valence-corrected chi connectivity index (χ4v) is 7.24. The quantitative estimate of drug-likeness (QED) is 0.0199. The van der Waals surface area contributed by atoms with E-state index in [-0.39, 0.29) is 44.0 Å². The number of carbonyl (C=O) groups is 3. The van der Waals surface area contributed by atoms with Crippen LogP contribution in [0.3, 0.4) is 0 Å². The highest BCUT2D eigenvalue weighted by Crippen LogP contribution is 2.13. The maximum absolute atomic E-state index is 12.8. The molecule has 0 heterocycles. The molecule has 0 aromatic carbocycles. The van der Waals surface area contributed by atoms with E-state index in [1.807, 2.05) is 12.2 Å². The molecule has 0 N–H and O–H groups in total. The van der Waals surface area contributed by atoms with Gasteiger partial charge in [0.2, 0.25) is 0 Å². The first-order chi connectivity index (χ1) is 34.5. The Hall–Kier alpha value is -4.45. The van der Waals surface area contributed by atoms with Gasteiger partial charge < -0.3 is 14.2 Å². The Labute approximate surface area is 430 Å². The molecule has 0 saturated heterocycles. The second-order valence-corrected chi connectivity index (χ2v) is 18.2. The third kappa shape index (κ3) is 54.5. The highest BCUT2D eigenvalue weighted by Gasteiger charge is 2.19. The second-order valence-electron chi connectivity index (χ2n) is 18.2. The SMILES string of the molecule is CC/C=C\C/C=C\C/C=C\C/C=C\C/C=C\C/C=C\CCC(=O)OCC(COC(=O)CCCCCCCCC/C=C\CCCCCC)OC(=O)CCCCCCC\C=C/C=C\C=C/C=C\CCCCC. The van der Waals surface area contributed by atoms with Crippen molar-refractivity contribution in [3.63, 3.8) is 0 Å². The van der Waals surface area contributed by atoms with Crippen molar-refractivity contribution in [2.45, 2.75) is 239 Å². The van der Waals surface area contributed by atoms with Gasteiger partial charge in [-0.1, -0.05) is 238 Å². The van der Waals surface area contributed by atoms with E-state index in [0.717, 1.165) is 103 Å². The normalized spacial score (nSPS) is 13.1. The zero-order valence-electron chi connectivity index (χ0n) is 45.0. The molecule has 0 rings (SSSR count). The van der Waals surface area contributed by atoms with Gasteiger partial charge in [-0.15, -0.1) is 0 Å². The van der Waals surface area contributed by atoms with Crippen LogP contribution in [0.15, 0.2) is 134 Å². The predicted molar refractivity (Wildman–Crippen MR) is 302 cm³/mol. The van der Waals surface area contributed by atoms with Crippen LogP contribution in [0.25, 0.3) is 0 Å². The fourth-order valence-electron chi connectivity index (χ4n) is 7.24. The topological polar surface area (TPSA) is 78.9 Å². The molecule has 70 heavy (non-hydrogen) atoms. The fraction of sp³-hybridized carbons (Fsp3) is 0.609. The summed E-state index contributed by atoms with van der Waals surface area (Å²) in [4.78, 5) is 38.1. The molecule has 394 valence electrons. The number of ether oxygens (including phenoxy) is 3. The smallest absolute Gasteiger partial charge is 0.306 e. The molecule has 0 aliphatic carbocycles. The molecule has 0 radical (unpaired) electrons. The molecule has 0 amide bonds. The number of allylic oxidation sites excluding steroid dienone is 22. The van der Waals surface area contributed by atoms with Crippen LogP contribution in [0.5, 0.6) is 0 Å². The van der Waals surface area contributed by atoms with Crippen LogP contribution in [-0.4, -0.2) is 37.2 Å². The van der Waals surface area contributed by atoms with Gasteiger partial charge in [-0.05, 0) is 109 Å². The van der Waals surface area contributed by atoms with Crippen LogP contribution in [0.2, 0.25) is 0 Å². The first kappa shape index (κ1) is 65.5. The van der Waals surface area contributed by atoms with Gasteiger partial charge in [0, 0.05) is 19.3 Å². The molecular formula is C64H102O6. The maximum atomic E-state index is 12.8. The van der Waals surface area contributed by atoms with E-state index >= 15 is 0 Å². The molecule has 6 heteroatoms. The van der Waals surface area contributed by atoms with Crippen LogP contribution in [0.4, 0.5) is 0 Å². The van der Waals surface area contributed by atoms with Crippen LogP contribution in [0.1, 0.15) is 233 Å². The van der Waals surface area contributed by atoms with E-state index in [1.165, 1.54) is 83.5 Å². The third-order valence-corrected chi connectivity index (χ3v) is 11.5. The van der Waals surface area contributed by atoms with E-state index in [4.69, 9.17) is 14.2 Å². The Kier molecular flexibility index (Phi) is 53.5. The van der Waals surface area contributed by atoms with Crippen molar-refractivity contribution in [3.8, 4) is 0 Å². The summed E-state index contributed by atoms with van der Waals surface area (Å²) >= 11 is 0. The summed E-state index contributed by atoms with van der Waals surface area (Å²) in [6.07, 6.45) is 80.1. The molecule has 0 aromatic heterocycles. The van der Waals surface area contributed by atoms with Gasteiger partial charge in [0.15, 0.2) is 6.10 Å². The van der Waals surface area contributed by atoms with E-state index in [2.05, 4.69) is 142 Å². The van der Waals surface area contributed by atoms with E-state index in [9.17, 15) is 14.4 Å². The Morgan fingerprint density at radius 1 is 0.314 bits per heavy atom. The largest absolute Gasteiger partial charge is 0.462 e. The monoisotopic (exact) mass is 967 g/mol. The Balaban J connectivity index is 4.59. The summed E-state index contributed by atoms with van der Waals surface area (Å²) in [6, 6.07) is 0. The highest BCUT2D eigenvalue weighted by molar-refractivity contribution is 5.71. The molecule has 6 nitrogen and oxygen atoms in total. The molecule has 0 saturated carbocycles. The maximum Gasteiger partial charge on any atom is 0.306 e. The zero-order valence-corrected chi connectivity index (χ0v) is 45.0. The Bertz CT molecular complexity index is 1530. The molecule has 1 unspecified atom stereocenters. The van der Waals surface area contributed by atoms with Gasteiger partial charge >= 0.3 is 17.9 Å². The summed E-state index contributed by atoms with van der Waals surface area (Å²) in [5, 5.41) is 0. The molecule has 0 aliphatic heterocycles. The van der Waals surface area contributed by atoms with Crippen molar-refractivity contribution in [1.82, 2.24) is 0 Å². The zero-order chi connectivity index (χ0) is 50.7. The molecule has 1 atom stereocenters. The lowest BCUT2D eigenvalue weighted by atomic mass is 10.1. The van der Waals surface area contributed by atoms with Gasteiger partial charge in [0.1, 0.15) is 13.2 Å². The van der Waals surface area contributed by atoms with Crippen LogP contribution < -0.4 is 0 Å². The molecule has 0 spiro atoms. The van der Waals surface area contributed by atoms with Crippen molar-refractivity contribution >= 4 is 17.9 Å². The Morgan fingerprint density at radius 2 is 0.643 bits per heavy atom. The number of hydrogen-bond donors (Lipinski definition) is 0. The van der Waals surface area contributed by atoms with Crippen molar-refractivity contribution in [1.29, 1.82) is 0 Å². The lowest BCUT2D eigenvalue weighted by Crippen LogP contribution is -2.30. The number of rotatable bonds is 49. The average molecular weight is 968 g/mol. The Morgan fingerprint density at radius 3 is 1.11 bits per heavy atom. The minimum absolute atomic E-state index is 0.118. The molecular weight excluding hydrogens is 865 g/mol. The predicted octanol–water partition coefficient (Wildman–Crippen LogP) is 19.0. The van der Waals surface area contributed by atoms with E-state index < -0.39 is 6.10 Å². The van der Waals surface area contributed by atoms with Crippen LogP contribution >= 0.6 is 0 Å². The summed E-state index contributed by atoms with van der Waals surface area (Å²) in [7, 11) is 0. The summed E-state index contributed by atoms with van der Waals surface area (Å²) in [5.41, 5.74) is 0. The first-order valence-corrected chi connectivity index (χ1v) is 28.2. The minimum Gasteiger partial charge on any atom is -0.462 e. The lowest BCUT2D eigenvalue weighted by molar-refractivity contribution is -0.166. The summed E-state index contributed by atoms with van der Waals surface area (Å²) < 4.78 is 16.8. The van der Waals surface area contributed by atoms with Gasteiger partial charge in [0.25, 0.3) is 0 Å². The standard InChI is InChI=1S/C64H102O6/c1-4-7-10-13-16-19-22-25-28-30-32-34-36-39-42-45-48-51-54-57-63(66)69-60-61(59-68-62(65)56-53-50-47-44-41-38-35-27-24-21-18-15-12-9-6-3)70-64(67)58-55-52-49-46-43-40-37-33-31-29-26-23-20-17-14-11-8-5-2/h7,10,16-17,19-21,23-26,28-29,31-34,37,39,42,48,51,61H,4-6,8-9,11-15,18,22,27,30,35-36,38,40-41,43-47,49-50,52-60H2,1-3H3/b10-7-,19-16-,20-17-,24-21-,26-23-,28-25-,31-29-,34-32-,37-33-,42-39-,51-48-. The molecule has 0 aromatic rings. The van der Waals surface area contributed by atoms with Gasteiger partial charge in [-0.25, -0.2) is 0 Å². The van der Waals surface area contributed by atoms with Gasteiger partial charge in [-0.3, -0.25) is 14.4 Å². The third-order valence-electron chi connectivity index (χ3n) is 11.5. The van der Waals surface area contributed by atoms with E-state index in [0.29, 0.717) is 12.8 Å². The lowest BCUT2D eigenvalue weighted by Gasteiger charge is -2.18. The van der Waals surface area contributed by atoms with E-state index in [1.54, 1.807) is 0 Å². The van der Waals surface area contributed by atoms with Crippen LogP contribution in [0, 0.1) is 0 Å². The van der Waals surface area contributed by atoms with Crippen molar-refractivity contribution in [2.24, 2.45) is 0 Å². The number of unbranched alkanes of at least 4 members (excludes halogenated alkanes) is 19. The van der Waals surface area contributed by atoms with Crippen molar-refractivity contribution < 1.29 is 28.6 Å². The molecule has 0 bridgehead atoms. The van der Waals surface area contributed by atoms with Gasteiger partial charge in [0.05, 0.1) is 0 Å². The second kappa shape index (κ2) is 57.1.